The summed E-state index contributed by atoms with van der Waals surface area (Å²) in [5.74, 6) is 0. The zero-order chi connectivity index (χ0) is 13.7. The number of anilines is 1. The lowest BCUT2D eigenvalue weighted by atomic mass is 10.3. The summed E-state index contributed by atoms with van der Waals surface area (Å²) in [7, 11) is 4.02. The highest BCUT2D eigenvalue weighted by Crippen LogP contribution is 2.20. The second kappa shape index (κ2) is 6.59. The first-order valence-electron chi connectivity index (χ1n) is 5.92. The van der Waals surface area contributed by atoms with Crippen molar-refractivity contribution in [1.82, 2.24) is 4.98 Å². The lowest BCUT2D eigenvalue weighted by Crippen LogP contribution is -2.08. The van der Waals surface area contributed by atoms with Crippen molar-refractivity contribution in [2.45, 2.75) is 4.90 Å². The molecule has 2 nitrogen and oxygen atoms in total. The van der Waals surface area contributed by atoms with Crippen LogP contribution in [0.15, 0.2) is 58.9 Å². The molecule has 4 heteroatoms. The quantitative estimate of drug-likeness (QED) is 0.671. The van der Waals surface area contributed by atoms with Crippen molar-refractivity contribution in [1.29, 1.82) is 0 Å². The van der Waals surface area contributed by atoms with Crippen molar-refractivity contribution in [3.05, 3.63) is 54.0 Å². The van der Waals surface area contributed by atoms with E-state index in [0.29, 0.717) is 0 Å². The van der Waals surface area contributed by atoms with Crippen LogP contribution >= 0.6 is 24.0 Å². The summed E-state index contributed by atoms with van der Waals surface area (Å²) in [4.78, 5) is 7.20. The highest BCUT2D eigenvalue weighted by Gasteiger charge is 1.96. The van der Waals surface area contributed by atoms with Gasteiger partial charge in [0.15, 0.2) is 0 Å². The number of nitrogens with zero attached hydrogens (tertiary/aromatic N) is 2. The van der Waals surface area contributed by atoms with Gasteiger partial charge in [-0.1, -0.05) is 24.3 Å². The Morgan fingerprint density at radius 2 is 1.68 bits per heavy atom. The van der Waals surface area contributed by atoms with Crippen LogP contribution in [0.2, 0.25) is 0 Å². The molecule has 0 aliphatic heterocycles. The Hall–Kier alpha value is -1.52. The lowest BCUT2D eigenvalue weighted by molar-refractivity contribution is 1.10. The second-order valence-corrected chi connectivity index (χ2v) is 5.57. The monoisotopic (exact) mass is 288 g/mol. The summed E-state index contributed by atoms with van der Waals surface area (Å²) in [5, 5.41) is 0. The largest absolute Gasteiger partial charge is 0.377 e. The van der Waals surface area contributed by atoms with E-state index in [1.807, 2.05) is 67.0 Å². The minimum Gasteiger partial charge on any atom is -0.377 e. The van der Waals surface area contributed by atoms with Gasteiger partial charge in [0.25, 0.3) is 0 Å². The van der Waals surface area contributed by atoms with Crippen LogP contribution in [0.4, 0.5) is 5.69 Å². The maximum atomic E-state index is 4.30. The van der Waals surface area contributed by atoms with Crippen molar-refractivity contribution in [2.24, 2.45) is 0 Å². The predicted octanol–water partition coefficient (Wildman–Crippen LogP) is 4.34. The van der Waals surface area contributed by atoms with Gasteiger partial charge in [0.2, 0.25) is 0 Å². The Bertz CT molecular complexity index is 617. The van der Waals surface area contributed by atoms with Crippen LogP contribution in [-0.4, -0.2) is 19.1 Å². The average molecular weight is 288 g/mol. The molecule has 0 spiro atoms. The minimum atomic E-state index is 1.02. The van der Waals surface area contributed by atoms with E-state index >= 15 is 0 Å². The SMILES string of the molecule is CN(C)c1ccccc1S.c1ccc2scnc2c1. The molecule has 0 aliphatic carbocycles. The van der Waals surface area contributed by atoms with E-state index in [1.54, 1.807) is 11.3 Å². The Morgan fingerprint density at radius 1 is 1.00 bits per heavy atom. The first kappa shape index (κ1) is 13.9. The molecule has 0 fully saturated rings. The van der Waals surface area contributed by atoms with Crippen molar-refractivity contribution in [3.63, 3.8) is 0 Å². The molecule has 0 saturated heterocycles. The summed E-state index contributed by atoms with van der Waals surface area (Å²) in [5.41, 5.74) is 4.12. The molecule has 0 N–H and O–H groups in total. The number of thiazole rings is 1. The maximum Gasteiger partial charge on any atom is 0.0812 e. The van der Waals surface area contributed by atoms with Crippen LogP contribution in [0, 0.1) is 0 Å². The smallest absolute Gasteiger partial charge is 0.0812 e. The molecule has 19 heavy (non-hydrogen) atoms. The van der Waals surface area contributed by atoms with Crippen molar-refractivity contribution >= 4 is 39.9 Å². The van der Waals surface area contributed by atoms with E-state index in [0.717, 1.165) is 16.1 Å². The number of thiol groups is 1. The highest BCUT2D eigenvalue weighted by atomic mass is 32.1. The molecule has 0 unspecified atom stereocenters. The summed E-state index contributed by atoms with van der Waals surface area (Å²) < 4.78 is 1.26. The molecule has 98 valence electrons. The molecule has 0 bridgehead atoms. The third-order valence-electron chi connectivity index (χ3n) is 2.60. The van der Waals surface area contributed by atoms with Gasteiger partial charge in [0, 0.05) is 24.7 Å². The van der Waals surface area contributed by atoms with Crippen LogP contribution in [-0.2, 0) is 0 Å². The van der Waals surface area contributed by atoms with Gasteiger partial charge in [-0.2, -0.15) is 0 Å². The fraction of sp³-hybridized carbons (Fsp3) is 0.133. The first-order chi connectivity index (χ1) is 9.18. The molecule has 0 atom stereocenters. The fourth-order valence-electron chi connectivity index (χ4n) is 1.65. The Labute approximate surface area is 123 Å². The number of fused-ring (bicyclic) bond motifs is 1. The second-order valence-electron chi connectivity index (χ2n) is 4.20. The minimum absolute atomic E-state index is 1.02. The number of rotatable bonds is 1. The van der Waals surface area contributed by atoms with E-state index in [-0.39, 0.29) is 0 Å². The topological polar surface area (TPSA) is 16.1 Å². The highest BCUT2D eigenvalue weighted by molar-refractivity contribution is 7.80. The maximum absolute atomic E-state index is 4.30. The molecular formula is C15H16N2S2. The molecule has 0 radical (unpaired) electrons. The zero-order valence-electron chi connectivity index (χ0n) is 10.9. The number of para-hydroxylation sites is 2. The van der Waals surface area contributed by atoms with Gasteiger partial charge in [-0.25, -0.2) is 4.98 Å². The third kappa shape index (κ3) is 3.72. The van der Waals surface area contributed by atoms with Gasteiger partial charge in [-0.05, 0) is 24.3 Å². The lowest BCUT2D eigenvalue weighted by Gasteiger charge is -2.13. The molecule has 0 aliphatic rings. The molecule has 3 aromatic rings. The predicted molar refractivity (Wildman–Crippen MR) is 87.6 cm³/mol. The molecule has 1 heterocycles. The van der Waals surface area contributed by atoms with Gasteiger partial charge >= 0.3 is 0 Å². The number of benzene rings is 2. The Morgan fingerprint density at radius 3 is 2.32 bits per heavy atom. The standard InChI is InChI=1S/C8H11NS.C7H5NS/c1-9(2)7-5-3-4-6-8(7)10;1-2-4-7-6(3-1)8-5-9-7/h3-6,10H,1-2H3;1-5H. The molecular weight excluding hydrogens is 272 g/mol. The summed E-state index contributed by atoms with van der Waals surface area (Å²) >= 11 is 5.97. The summed E-state index contributed by atoms with van der Waals surface area (Å²) in [6.45, 7) is 0. The molecule has 3 rings (SSSR count). The van der Waals surface area contributed by atoms with Gasteiger partial charge in [0.1, 0.15) is 0 Å². The molecule has 0 amide bonds. The zero-order valence-corrected chi connectivity index (χ0v) is 12.7. The van der Waals surface area contributed by atoms with Crippen LogP contribution < -0.4 is 4.90 Å². The van der Waals surface area contributed by atoms with Gasteiger partial charge in [-0.3, -0.25) is 0 Å². The van der Waals surface area contributed by atoms with Crippen molar-refractivity contribution in [2.75, 3.05) is 19.0 Å². The van der Waals surface area contributed by atoms with Crippen molar-refractivity contribution < 1.29 is 0 Å². The van der Waals surface area contributed by atoms with E-state index < -0.39 is 0 Å². The normalized spacial score (nSPS) is 9.84. The van der Waals surface area contributed by atoms with Gasteiger partial charge < -0.3 is 4.90 Å². The number of aromatic nitrogens is 1. The Balaban J connectivity index is 0.000000141. The number of hydrogen-bond acceptors (Lipinski definition) is 4. The van der Waals surface area contributed by atoms with Crippen LogP contribution in [0.3, 0.4) is 0 Å². The Kier molecular flexibility index (Phi) is 4.82. The van der Waals surface area contributed by atoms with Crippen LogP contribution in [0.25, 0.3) is 10.2 Å². The van der Waals surface area contributed by atoms with Crippen molar-refractivity contribution in [3.8, 4) is 0 Å². The van der Waals surface area contributed by atoms with Gasteiger partial charge in [-0.15, -0.1) is 24.0 Å². The van der Waals surface area contributed by atoms with E-state index in [9.17, 15) is 0 Å². The van der Waals surface area contributed by atoms with E-state index in [1.165, 1.54) is 4.70 Å². The fourth-order valence-corrected chi connectivity index (χ4v) is 2.68. The molecule has 1 aromatic heterocycles. The van der Waals surface area contributed by atoms with Gasteiger partial charge in [0.05, 0.1) is 15.7 Å². The van der Waals surface area contributed by atoms with E-state index in [4.69, 9.17) is 0 Å². The first-order valence-corrected chi connectivity index (χ1v) is 7.24. The summed E-state index contributed by atoms with van der Waals surface area (Å²) in [6.07, 6.45) is 0. The molecule has 0 saturated carbocycles. The van der Waals surface area contributed by atoms with Crippen LogP contribution in [0.1, 0.15) is 0 Å². The molecule has 2 aromatic carbocycles. The van der Waals surface area contributed by atoms with Crippen LogP contribution in [0.5, 0.6) is 0 Å². The number of hydrogen-bond donors (Lipinski definition) is 1. The van der Waals surface area contributed by atoms with E-state index in [2.05, 4.69) is 23.7 Å². The third-order valence-corrected chi connectivity index (χ3v) is 3.79. The average Bonchev–Trinajstić information content (AvgIpc) is 2.88. The summed E-state index contributed by atoms with van der Waals surface area (Å²) in [6, 6.07) is 16.1.